The molecule has 0 radical (unpaired) electrons. The number of aryl methyl sites for hydroxylation is 1. The van der Waals surface area contributed by atoms with Gasteiger partial charge in [0.1, 0.15) is 12.4 Å². The molecule has 3 aromatic carbocycles. The Morgan fingerprint density at radius 3 is 2.55 bits per heavy atom. The lowest BCUT2D eigenvalue weighted by Crippen LogP contribution is -2.25. The first-order valence-electron chi connectivity index (χ1n) is 13.6. The Kier molecular flexibility index (Phi) is 8.19. The highest BCUT2D eigenvalue weighted by atomic mass is 16.6. The van der Waals surface area contributed by atoms with Gasteiger partial charge in [0.2, 0.25) is 5.75 Å². The summed E-state index contributed by atoms with van der Waals surface area (Å²) >= 11 is 0. The Morgan fingerprint density at radius 1 is 1.07 bits per heavy atom. The van der Waals surface area contributed by atoms with Crippen LogP contribution in [0.4, 0.5) is 5.69 Å². The van der Waals surface area contributed by atoms with E-state index in [1.165, 1.54) is 23.4 Å². The summed E-state index contributed by atoms with van der Waals surface area (Å²) in [6.07, 6.45) is 6.64. The zero-order valence-corrected chi connectivity index (χ0v) is 22.7. The van der Waals surface area contributed by atoms with Gasteiger partial charge in [0, 0.05) is 17.5 Å². The molecule has 9 nitrogen and oxygen atoms in total. The van der Waals surface area contributed by atoms with Gasteiger partial charge in [0.25, 0.3) is 5.56 Å². The van der Waals surface area contributed by atoms with Crippen LogP contribution in [-0.2, 0) is 6.61 Å². The molecule has 0 aliphatic heterocycles. The van der Waals surface area contributed by atoms with E-state index in [1.807, 2.05) is 43.3 Å². The van der Waals surface area contributed by atoms with Crippen LogP contribution in [0, 0.1) is 17.0 Å². The van der Waals surface area contributed by atoms with E-state index in [-0.39, 0.29) is 35.3 Å². The third-order valence-electron chi connectivity index (χ3n) is 7.13. The predicted molar refractivity (Wildman–Crippen MR) is 155 cm³/mol. The number of hydrogen-bond acceptors (Lipinski definition) is 7. The molecular formula is C31H32N4O5. The lowest BCUT2D eigenvalue weighted by Gasteiger charge is -2.22. The molecule has 1 aliphatic carbocycles. The summed E-state index contributed by atoms with van der Waals surface area (Å²) in [6, 6.07) is 18.0. The summed E-state index contributed by atoms with van der Waals surface area (Å²) in [5, 5.41) is 17.1. The van der Waals surface area contributed by atoms with E-state index >= 15 is 0 Å². The van der Waals surface area contributed by atoms with Crippen LogP contribution < -0.4 is 15.0 Å². The fourth-order valence-corrected chi connectivity index (χ4v) is 5.07. The van der Waals surface area contributed by atoms with Gasteiger partial charge in [-0.2, -0.15) is 9.78 Å². The Labute approximate surface area is 232 Å². The summed E-state index contributed by atoms with van der Waals surface area (Å²) in [7, 11) is 0. The minimum Gasteiger partial charge on any atom is -0.490 e. The topological polar surface area (TPSA) is 109 Å². The molecule has 5 rings (SSSR count). The van der Waals surface area contributed by atoms with E-state index in [0.29, 0.717) is 28.9 Å². The van der Waals surface area contributed by atoms with Gasteiger partial charge in [-0.1, -0.05) is 61.2 Å². The van der Waals surface area contributed by atoms with E-state index in [9.17, 15) is 14.9 Å². The van der Waals surface area contributed by atoms with Crippen LogP contribution in [0.25, 0.3) is 10.9 Å². The van der Waals surface area contributed by atoms with Crippen LogP contribution in [0.1, 0.15) is 67.5 Å². The highest BCUT2D eigenvalue weighted by molar-refractivity contribution is 5.83. The molecule has 0 amide bonds. The largest absolute Gasteiger partial charge is 0.490 e. The first-order valence-corrected chi connectivity index (χ1v) is 13.6. The molecule has 9 heteroatoms. The van der Waals surface area contributed by atoms with Crippen molar-refractivity contribution in [2.24, 2.45) is 5.10 Å². The van der Waals surface area contributed by atoms with Crippen LogP contribution in [-0.4, -0.2) is 27.4 Å². The second-order valence-electron chi connectivity index (χ2n) is 10.0. The second kappa shape index (κ2) is 12.1. The number of ether oxygens (including phenoxy) is 2. The van der Waals surface area contributed by atoms with Gasteiger partial charge in [-0.3, -0.25) is 14.9 Å². The molecule has 0 saturated heterocycles. The third kappa shape index (κ3) is 5.88. The fraction of sp³-hybridized carbons (Fsp3) is 0.323. The monoisotopic (exact) mass is 540 g/mol. The van der Waals surface area contributed by atoms with E-state index in [1.54, 1.807) is 25.1 Å². The predicted octanol–water partition coefficient (Wildman–Crippen LogP) is 6.52. The fourth-order valence-electron chi connectivity index (χ4n) is 5.07. The Bertz CT molecular complexity index is 1610. The zero-order valence-electron chi connectivity index (χ0n) is 22.7. The van der Waals surface area contributed by atoms with Gasteiger partial charge in [0.15, 0.2) is 5.75 Å². The van der Waals surface area contributed by atoms with Crippen molar-refractivity contribution >= 4 is 22.8 Å². The number of nitro groups is 1. The third-order valence-corrected chi connectivity index (χ3v) is 7.13. The smallest absolute Gasteiger partial charge is 0.315 e. The highest BCUT2D eigenvalue weighted by Crippen LogP contribution is 2.39. The molecule has 0 atom stereocenters. The Balaban J connectivity index is 1.54. The minimum absolute atomic E-state index is 0.0528. The van der Waals surface area contributed by atoms with Gasteiger partial charge in [-0.15, -0.1) is 0 Å². The van der Waals surface area contributed by atoms with Crippen molar-refractivity contribution < 1.29 is 14.4 Å². The minimum atomic E-state index is -0.498. The average molecular weight is 541 g/mol. The Hall–Kier alpha value is -4.53. The maximum absolute atomic E-state index is 13.5. The van der Waals surface area contributed by atoms with Gasteiger partial charge < -0.3 is 9.47 Å². The van der Waals surface area contributed by atoms with Crippen molar-refractivity contribution in [3.63, 3.8) is 0 Å². The van der Waals surface area contributed by atoms with Crippen molar-refractivity contribution in [2.75, 3.05) is 6.61 Å². The molecule has 1 saturated carbocycles. The normalized spacial score (nSPS) is 14.1. The molecule has 206 valence electrons. The number of rotatable bonds is 9. The van der Waals surface area contributed by atoms with Crippen molar-refractivity contribution in [1.82, 2.24) is 9.66 Å². The van der Waals surface area contributed by atoms with E-state index in [0.717, 1.165) is 36.8 Å². The van der Waals surface area contributed by atoms with Crippen molar-refractivity contribution in [3.8, 4) is 11.5 Å². The molecule has 0 N–H and O–H groups in total. The van der Waals surface area contributed by atoms with Crippen LogP contribution in [0.15, 0.2) is 70.6 Å². The number of para-hydroxylation sites is 1. The van der Waals surface area contributed by atoms with E-state index < -0.39 is 4.92 Å². The maximum Gasteiger partial charge on any atom is 0.315 e. The highest BCUT2D eigenvalue weighted by Gasteiger charge is 2.24. The second-order valence-corrected chi connectivity index (χ2v) is 10.0. The molecule has 1 aliphatic rings. The quantitative estimate of drug-likeness (QED) is 0.136. The summed E-state index contributed by atoms with van der Waals surface area (Å²) in [6.45, 7) is 4.23. The summed E-state index contributed by atoms with van der Waals surface area (Å²) in [4.78, 5) is 29.9. The number of aromatic nitrogens is 2. The van der Waals surface area contributed by atoms with Crippen LogP contribution in [0.2, 0.25) is 0 Å². The number of benzene rings is 3. The molecule has 0 bridgehead atoms. The van der Waals surface area contributed by atoms with Gasteiger partial charge in [-0.05, 0) is 50.5 Å². The Morgan fingerprint density at radius 2 is 1.82 bits per heavy atom. The molecule has 0 spiro atoms. The number of nitrogens with zero attached hydrogens (tertiary/aromatic N) is 4. The zero-order chi connectivity index (χ0) is 28.1. The molecular weight excluding hydrogens is 508 g/mol. The first kappa shape index (κ1) is 27.1. The lowest BCUT2D eigenvalue weighted by molar-refractivity contribution is -0.386. The molecule has 1 aromatic heterocycles. The number of hydrogen-bond donors (Lipinski definition) is 0. The van der Waals surface area contributed by atoms with E-state index in [4.69, 9.17) is 14.5 Å². The lowest BCUT2D eigenvalue weighted by atomic mass is 9.88. The van der Waals surface area contributed by atoms with Crippen LogP contribution in [0.3, 0.4) is 0 Å². The number of fused-ring (bicyclic) bond motifs is 1. The molecule has 4 aromatic rings. The van der Waals surface area contributed by atoms with Gasteiger partial charge >= 0.3 is 5.69 Å². The maximum atomic E-state index is 13.5. The SMILES string of the molecule is CCOc1cc(C=Nn2c(C3CCCCC3)nc3ccccc3c2=O)cc([N+](=O)[O-])c1OCc1ccc(C)cc1. The van der Waals surface area contributed by atoms with E-state index in [2.05, 4.69) is 5.10 Å². The van der Waals surface area contributed by atoms with Crippen molar-refractivity contribution in [3.05, 3.63) is 104 Å². The first-order chi connectivity index (χ1) is 19.4. The summed E-state index contributed by atoms with van der Waals surface area (Å²) < 4.78 is 13.0. The summed E-state index contributed by atoms with van der Waals surface area (Å²) in [5.74, 6) is 1.03. The van der Waals surface area contributed by atoms with Gasteiger partial charge in [-0.25, -0.2) is 4.98 Å². The standard InChI is InChI=1S/C31H32N4O5/c1-3-39-28-18-23(17-27(35(37)38)29(28)40-20-22-15-13-21(2)14-16-22)19-32-34-30(24-9-5-4-6-10-24)33-26-12-8-7-11-25(26)31(34)36/h7-8,11-19,24H,3-6,9-10,20H2,1-2H3. The van der Waals surface area contributed by atoms with Crippen LogP contribution >= 0.6 is 0 Å². The summed E-state index contributed by atoms with van der Waals surface area (Å²) in [5.41, 5.74) is 2.54. The number of nitro benzene ring substituents is 1. The molecule has 1 fully saturated rings. The van der Waals surface area contributed by atoms with Crippen molar-refractivity contribution in [1.29, 1.82) is 0 Å². The van der Waals surface area contributed by atoms with Crippen molar-refractivity contribution in [2.45, 2.75) is 58.5 Å². The van der Waals surface area contributed by atoms with Gasteiger partial charge in [0.05, 0.1) is 28.6 Å². The molecule has 0 unspecified atom stereocenters. The van der Waals surface area contributed by atoms with Crippen LogP contribution in [0.5, 0.6) is 11.5 Å². The molecule has 40 heavy (non-hydrogen) atoms. The molecule has 1 heterocycles. The average Bonchev–Trinajstić information content (AvgIpc) is 2.97.